The molecule has 0 radical (unpaired) electrons. The smallest absolute Gasteiger partial charge is 0.0989 e. The van der Waals surface area contributed by atoms with Crippen LogP contribution in [0.1, 0.15) is 23.3 Å². The minimum atomic E-state index is 1.02. The van der Waals surface area contributed by atoms with Gasteiger partial charge in [0.1, 0.15) is 0 Å². The Morgan fingerprint density at radius 2 is 2.33 bits per heavy atom. The van der Waals surface area contributed by atoms with E-state index < -0.39 is 0 Å². The Balaban J connectivity index is 1.93. The van der Waals surface area contributed by atoms with E-state index in [1.165, 1.54) is 29.2 Å². The van der Waals surface area contributed by atoms with Crippen molar-refractivity contribution >= 4 is 17.2 Å². The number of aryl methyl sites for hydroxylation is 2. The van der Waals surface area contributed by atoms with Crippen LogP contribution in [0, 0.1) is 6.92 Å². The molecule has 2 heterocycles. The molecule has 0 saturated carbocycles. The van der Waals surface area contributed by atoms with Gasteiger partial charge in [0.25, 0.3) is 0 Å². The van der Waals surface area contributed by atoms with E-state index in [2.05, 4.69) is 35.3 Å². The van der Waals surface area contributed by atoms with Gasteiger partial charge < -0.3 is 4.90 Å². The molecule has 1 aromatic rings. The summed E-state index contributed by atoms with van der Waals surface area (Å²) in [6.07, 6.45) is 3.45. The predicted octanol–water partition coefficient (Wildman–Crippen LogP) is 2.72. The third kappa shape index (κ3) is 2.59. The van der Waals surface area contributed by atoms with Crippen molar-refractivity contribution in [2.45, 2.75) is 26.2 Å². The van der Waals surface area contributed by atoms with Crippen LogP contribution in [0.4, 0.5) is 0 Å². The topological polar surface area (TPSA) is 15.6 Å². The molecule has 2 nitrogen and oxygen atoms in total. The van der Waals surface area contributed by atoms with Gasteiger partial charge in [-0.05, 0) is 36.8 Å². The van der Waals surface area contributed by atoms with Gasteiger partial charge in [0, 0.05) is 31.4 Å². The van der Waals surface area contributed by atoms with Crippen LogP contribution in [0.2, 0.25) is 0 Å². The van der Waals surface area contributed by atoms with Gasteiger partial charge in [0.05, 0.1) is 5.84 Å². The lowest BCUT2D eigenvalue weighted by atomic mass is 10.1. The van der Waals surface area contributed by atoms with Gasteiger partial charge in [-0.25, -0.2) is 0 Å². The Labute approximate surface area is 95.6 Å². The minimum absolute atomic E-state index is 1.02. The fraction of sp³-hybridized carbons (Fsp3) is 0.583. The first-order chi connectivity index (χ1) is 7.27. The number of aliphatic imine (C=N–C) groups is 1. The van der Waals surface area contributed by atoms with E-state index in [1.54, 1.807) is 0 Å². The maximum atomic E-state index is 4.59. The molecule has 0 aromatic carbocycles. The van der Waals surface area contributed by atoms with Crippen LogP contribution in [0.15, 0.2) is 16.4 Å². The second kappa shape index (κ2) is 4.79. The molecule has 15 heavy (non-hydrogen) atoms. The van der Waals surface area contributed by atoms with E-state index in [9.17, 15) is 0 Å². The molecule has 0 atom stereocenters. The van der Waals surface area contributed by atoms with Gasteiger partial charge in [0.15, 0.2) is 0 Å². The summed E-state index contributed by atoms with van der Waals surface area (Å²) < 4.78 is 0. The molecule has 0 spiro atoms. The summed E-state index contributed by atoms with van der Waals surface area (Å²) in [6, 6.07) is 2.20. The molecule has 1 aliphatic rings. The zero-order valence-corrected chi connectivity index (χ0v) is 10.3. The van der Waals surface area contributed by atoms with Gasteiger partial charge in [-0.1, -0.05) is 0 Å². The van der Waals surface area contributed by atoms with Gasteiger partial charge in [-0.3, -0.25) is 4.99 Å². The summed E-state index contributed by atoms with van der Waals surface area (Å²) in [6.45, 7) is 4.38. The predicted molar refractivity (Wildman–Crippen MR) is 66.9 cm³/mol. The molecular formula is C12H18N2S. The third-order valence-electron chi connectivity index (χ3n) is 2.93. The maximum Gasteiger partial charge on any atom is 0.0989 e. The zero-order valence-electron chi connectivity index (χ0n) is 9.49. The zero-order chi connectivity index (χ0) is 10.7. The molecule has 0 amide bonds. The second-order valence-corrected chi connectivity index (χ2v) is 5.10. The van der Waals surface area contributed by atoms with E-state index >= 15 is 0 Å². The minimum Gasteiger partial charge on any atom is -0.363 e. The molecule has 0 aliphatic carbocycles. The molecule has 0 N–H and O–H groups in total. The number of hydrogen-bond donors (Lipinski definition) is 0. The monoisotopic (exact) mass is 222 g/mol. The summed E-state index contributed by atoms with van der Waals surface area (Å²) >= 11 is 1.87. The second-order valence-electron chi connectivity index (χ2n) is 4.10. The molecule has 0 saturated heterocycles. The fourth-order valence-electron chi connectivity index (χ4n) is 1.92. The molecule has 0 bridgehead atoms. The molecule has 2 rings (SSSR count). The summed E-state index contributed by atoms with van der Waals surface area (Å²) in [7, 11) is 2.15. The average Bonchev–Trinajstić information content (AvgIpc) is 2.63. The Kier molecular flexibility index (Phi) is 3.41. The maximum absolute atomic E-state index is 4.59. The van der Waals surface area contributed by atoms with E-state index in [4.69, 9.17) is 0 Å². The van der Waals surface area contributed by atoms with E-state index in [0.717, 1.165) is 19.4 Å². The molecule has 0 fully saturated rings. The fourth-order valence-corrected chi connectivity index (χ4v) is 2.83. The number of hydrogen-bond acceptors (Lipinski definition) is 3. The average molecular weight is 222 g/mol. The van der Waals surface area contributed by atoms with E-state index in [-0.39, 0.29) is 0 Å². The van der Waals surface area contributed by atoms with Gasteiger partial charge in [-0.15, -0.1) is 11.3 Å². The summed E-state index contributed by atoms with van der Waals surface area (Å²) in [5.41, 5.74) is 1.43. The Morgan fingerprint density at radius 3 is 3.00 bits per heavy atom. The Hall–Kier alpha value is -0.830. The van der Waals surface area contributed by atoms with Crippen molar-refractivity contribution in [3.63, 3.8) is 0 Å². The summed E-state index contributed by atoms with van der Waals surface area (Å²) in [5, 5.41) is 2.18. The first-order valence-corrected chi connectivity index (χ1v) is 6.43. The lowest BCUT2D eigenvalue weighted by molar-refractivity contribution is 0.455. The van der Waals surface area contributed by atoms with Crippen molar-refractivity contribution in [2.75, 3.05) is 20.1 Å². The van der Waals surface area contributed by atoms with E-state index in [1.807, 2.05) is 11.3 Å². The molecule has 1 aromatic heterocycles. The Morgan fingerprint density at radius 1 is 1.47 bits per heavy atom. The highest BCUT2D eigenvalue weighted by molar-refractivity contribution is 7.10. The number of thiophene rings is 1. The van der Waals surface area contributed by atoms with Crippen molar-refractivity contribution in [3.05, 3.63) is 21.9 Å². The van der Waals surface area contributed by atoms with Crippen LogP contribution >= 0.6 is 11.3 Å². The largest absolute Gasteiger partial charge is 0.363 e. The first-order valence-electron chi connectivity index (χ1n) is 5.55. The Bertz CT molecular complexity index is 354. The summed E-state index contributed by atoms with van der Waals surface area (Å²) in [5.74, 6) is 1.29. The quantitative estimate of drug-likeness (QED) is 0.768. The molecular weight excluding hydrogens is 204 g/mol. The van der Waals surface area contributed by atoms with Crippen molar-refractivity contribution < 1.29 is 0 Å². The van der Waals surface area contributed by atoms with E-state index in [0.29, 0.717) is 0 Å². The van der Waals surface area contributed by atoms with Crippen LogP contribution in [0.3, 0.4) is 0 Å². The highest BCUT2D eigenvalue weighted by Gasteiger charge is 2.11. The van der Waals surface area contributed by atoms with Crippen molar-refractivity contribution in [1.82, 2.24) is 4.90 Å². The van der Waals surface area contributed by atoms with Crippen LogP contribution in [0.5, 0.6) is 0 Å². The summed E-state index contributed by atoms with van der Waals surface area (Å²) in [4.78, 5) is 8.40. The molecule has 82 valence electrons. The standard InChI is InChI=1S/C12H18N2S/c1-10-6-9-15-11(10)4-5-12-13-7-3-8-14(12)2/h6,9H,3-5,7-8H2,1-2H3. The molecule has 0 unspecified atom stereocenters. The molecule has 1 aliphatic heterocycles. The van der Waals surface area contributed by atoms with Crippen LogP contribution < -0.4 is 0 Å². The van der Waals surface area contributed by atoms with Gasteiger partial charge >= 0.3 is 0 Å². The SMILES string of the molecule is Cc1ccsc1CCC1=NCCCN1C. The van der Waals surface area contributed by atoms with Crippen molar-refractivity contribution in [1.29, 1.82) is 0 Å². The number of nitrogens with zero attached hydrogens (tertiary/aromatic N) is 2. The van der Waals surface area contributed by atoms with Gasteiger partial charge in [0.2, 0.25) is 0 Å². The van der Waals surface area contributed by atoms with Gasteiger partial charge in [-0.2, -0.15) is 0 Å². The van der Waals surface area contributed by atoms with Crippen LogP contribution in [0.25, 0.3) is 0 Å². The third-order valence-corrected chi connectivity index (χ3v) is 4.01. The van der Waals surface area contributed by atoms with Crippen molar-refractivity contribution in [3.8, 4) is 0 Å². The number of rotatable bonds is 3. The highest BCUT2D eigenvalue weighted by atomic mass is 32.1. The van der Waals surface area contributed by atoms with Crippen LogP contribution in [-0.4, -0.2) is 30.9 Å². The number of amidine groups is 1. The van der Waals surface area contributed by atoms with Crippen molar-refractivity contribution in [2.24, 2.45) is 4.99 Å². The molecule has 3 heteroatoms. The van der Waals surface area contributed by atoms with Crippen LogP contribution in [-0.2, 0) is 6.42 Å². The lowest BCUT2D eigenvalue weighted by Crippen LogP contribution is -2.32. The highest BCUT2D eigenvalue weighted by Crippen LogP contribution is 2.18. The normalized spacial score (nSPS) is 16.7. The lowest BCUT2D eigenvalue weighted by Gasteiger charge is -2.25. The first kappa shape index (κ1) is 10.7.